The van der Waals surface area contributed by atoms with Crippen molar-refractivity contribution in [2.75, 3.05) is 13.2 Å². The lowest BCUT2D eigenvalue weighted by molar-refractivity contribution is 0.288. The molecule has 1 heterocycles. The average molecular weight is 221 g/mol. The van der Waals surface area contributed by atoms with Crippen LogP contribution >= 0.6 is 15.9 Å². The van der Waals surface area contributed by atoms with Crippen molar-refractivity contribution in [3.8, 4) is 6.01 Å². The van der Waals surface area contributed by atoms with Crippen LogP contribution in [0.2, 0.25) is 0 Å². The Hall–Kier alpha value is -0.620. The molecule has 0 saturated heterocycles. The van der Waals surface area contributed by atoms with Gasteiger partial charge in [0.1, 0.15) is 6.61 Å². The van der Waals surface area contributed by atoms with Gasteiger partial charge in [-0.15, -0.1) is 5.10 Å². The van der Waals surface area contributed by atoms with E-state index < -0.39 is 0 Å². The van der Waals surface area contributed by atoms with Gasteiger partial charge in [-0.05, 0) is 15.9 Å². The van der Waals surface area contributed by atoms with Gasteiger partial charge < -0.3 is 10.5 Å². The summed E-state index contributed by atoms with van der Waals surface area (Å²) in [6, 6.07) is 0.474. The molecular weight excluding hydrogens is 212 g/mol. The van der Waals surface area contributed by atoms with Gasteiger partial charge >= 0.3 is 6.01 Å². The molecule has 2 N–H and O–H groups in total. The van der Waals surface area contributed by atoms with Crippen molar-refractivity contribution < 1.29 is 4.74 Å². The van der Waals surface area contributed by atoms with E-state index in [1.165, 1.54) is 0 Å². The summed E-state index contributed by atoms with van der Waals surface area (Å²) in [4.78, 5) is 3.94. The number of hydrogen-bond acceptors (Lipinski definition) is 4. The SMILES string of the molecule is Cn1nc(Br)nc1OCCN. The fourth-order valence-corrected chi connectivity index (χ4v) is 1.01. The minimum Gasteiger partial charge on any atom is -0.462 e. The Balaban J connectivity index is 2.62. The number of aromatic nitrogens is 3. The van der Waals surface area contributed by atoms with E-state index in [2.05, 4.69) is 26.0 Å². The summed E-state index contributed by atoms with van der Waals surface area (Å²) in [6.07, 6.45) is 0. The van der Waals surface area contributed by atoms with E-state index in [0.717, 1.165) is 0 Å². The summed E-state index contributed by atoms with van der Waals surface area (Å²) in [5.41, 5.74) is 5.24. The predicted molar refractivity (Wildman–Crippen MR) is 43.3 cm³/mol. The Morgan fingerprint density at radius 1 is 1.73 bits per heavy atom. The Morgan fingerprint density at radius 2 is 2.45 bits per heavy atom. The molecule has 0 aliphatic heterocycles. The maximum atomic E-state index is 5.24. The normalized spacial score (nSPS) is 10.1. The molecular formula is C5H9BrN4O. The van der Waals surface area contributed by atoms with E-state index >= 15 is 0 Å². The average Bonchev–Trinajstić information content (AvgIpc) is 2.26. The molecule has 1 rings (SSSR count). The van der Waals surface area contributed by atoms with Crippen LogP contribution in [-0.4, -0.2) is 27.9 Å². The second-order valence-electron chi connectivity index (χ2n) is 1.92. The van der Waals surface area contributed by atoms with Gasteiger partial charge in [0.2, 0.25) is 4.73 Å². The van der Waals surface area contributed by atoms with Gasteiger partial charge in [0.15, 0.2) is 0 Å². The smallest absolute Gasteiger partial charge is 0.315 e. The zero-order valence-corrected chi connectivity index (χ0v) is 7.71. The van der Waals surface area contributed by atoms with Gasteiger partial charge in [-0.25, -0.2) is 4.68 Å². The highest BCUT2D eigenvalue weighted by Gasteiger charge is 2.03. The van der Waals surface area contributed by atoms with E-state index in [4.69, 9.17) is 10.5 Å². The van der Waals surface area contributed by atoms with Crippen LogP contribution in [0.3, 0.4) is 0 Å². The van der Waals surface area contributed by atoms with Gasteiger partial charge in [0.05, 0.1) is 0 Å². The van der Waals surface area contributed by atoms with Gasteiger partial charge in [0.25, 0.3) is 0 Å². The highest BCUT2D eigenvalue weighted by Crippen LogP contribution is 2.09. The first-order valence-corrected chi connectivity index (χ1v) is 3.92. The molecule has 0 fully saturated rings. The molecule has 0 radical (unpaired) electrons. The quantitative estimate of drug-likeness (QED) is 0.774. The molecule has 0 aliphatic carbocycles. The highest BCUT2D eigenvalue weighted by atomic mass is 79.9. The van der Waals surface area contributed by atoms with Crippen molar-refractivity contribution in [2.45, 2.75) is 0 Å². The molecule has 0 aliphatic rings. The number of ether oxygens (including phenoxy) is 1. The Labute approximate surface area is 72.7 Å². The van der Waals surface area contributed by atoms with E-state index in [9.17, 15) is 0 Å². The third-order valence-electron chi connectivity index (χ3n) is 1.05. The number of nitrogens with zero attached hydrogens (tertiary/aromatic N) is 3. The largest absolute Gasteiger partial charge is 0.462 e. The number of halogens is 1. The molecule has 6 heteroatoms. The highest BCUT2D eigenvalue weighted by molar-refractivity contribution is 9.10. The second-order valence-corrected chi connectivity index (χ2v) is 2.63. The van der Waals surface area contributed by atoms with Crippen LogP contribution in [0.4, 0.5) is 0 Å². The zero-order chi connectivity index (χ0) is 8.27. The molecule has 0 atom stereocenters. The van der Waals surface area contributed by atoms with E-state index in [1.54, 1.807) is 11.7 Å². The summed E-state index contributed by atoms with van der Waals surface area (Å²) < 4.78 is 7.20. The van der Waals surface area contributed by atoms with Crippen molar-refractivity contribution in [3.63, 3.8) is 0 Å². The summed E-state index contributed by atoms with van der Waals surface area (Å²) in [6.45, 7) is 0.934. The van der Waals surface area contributed by atoms with Gasteiger partial charge in [-0.1, -0.05) is 0 Å². The third-order valence-corrected chi connectivity index (χ3v) is 1.38. The molecule has 1 aromatic rings. The Bertz CT molecular complexity index is 236. The molecule has 11 heavy (non-hydrogen) atoms. The van der Waals surface area contributed by atoms with Crippen LogP contribution in [0.5, 0.6) is 6.01 Å². The zero-order valence-electron chi connectivity index (χ0n) is 6.12. The van der Waals surface area contributed by atoms with Crippen molar-refractivity contribution in [1.29, 1.82) is 0 Å². The predicted octanol–water partition coefficient (Wildman–Crippen LogP) is -0.0849. The molecule has 5 nitrogen and oxygen atoms in total. The van der Waals surface area contributed by atoms with E-state index in [-0.39, 0.29) is 0 Å². The van der Waals surface area contributed by atoms with Crippen LogP contribution in [0, 0.1) is 0 Å². The standard InChI is InChI=1S/C5H9BrN4O/c1-10-5(11-3-2-7)8-4(6)9-10/h2-3,7H2,1H3. The number of hydrogen-bond donors (Lipinski definition) is 1. The van der Waals surface area contributed by atoms with Crippen molar-refractivity contribution in [1.82, 2.24) is 14.8 Å². The number of rotatable bonds is 3. The van der Waals surface area contributed by atoms with E-state index in [0.29, 0.717) is 23.9 Å². The Kier molecular flexibility index (Phi) is 2.84. The molecule has 62 valence electrons. The molecule has 1 aromatic heterocycles. The maximum Gasteiger partial charge on any atom is 0.315 e. The second kappa shape index (κ2) is 3.68. The summed E-state index contributed by atoms with van der Waals surface area (Å²) in [7, 11) is 1.75. The lowest BCUT2D eigenvalue weighted by atomic mass is 10.7. The van der Waals surface area contributed by atoms with Crippen LogP contribution in [0.15, 0.2) is 4.73 Å². The molecule has 0 saturated carbocycles. The third kappa shape index (κ3) is 2.16. The van der Waals surface area contributed by atoms with Crippen molar-refractivity contribution >= 4 is 15.9 Å². The number of nitrogens with two attached hydrogens (primary N) is 1. The minimum atomic E-state index is 0.457. The lowest BCUT2D eigenvalue weighted by Crippen LogP contribution is -2.12. The Morgan fingerprint density at radius 3 is 2.91 bits per heavy atom. The van der Waals surface area contributed by atoms with Gasteiger partial charge in [-0.2, -0.15) is 4.98 Å². The topological polar surface area (TPSA) is 66.0 Å². The van der Waals surface area contributed by atoms with Crippen LogP contribution < -0.4 is 10.5 Å². The van der Waals surface area contributed by atoms with Crippen molar-refractivity contribution in [3.05, 3.63) is 4.73 Å². The monoisotopic (exact) mass is 220 g/mol. The summed E-state index contributed by atoms with van der Waals surface area (Å²) >= 11 is 3.12. The van der Waals surface area contributed by atoms with Crippen LogP contribution in [-0.2, 0) is 7.05 Å². The summed E-state index contributed by atoms with van der Waals surface area (Å²) in [5.74, 6) is 0. The fraction of sp³-hybridized carbons (Fsp3) is 0.600. The fourth-order valence-electron chi connectivity index (χ4n) is 0.616. The van der Waals surface area contributed by atoms with Crippen molar-refractivity contribution in [2.24, 2.45) is 12.8 Å². The maximum absolute atomic E-state index is 5.24. The summed E-state index contributed by atoms with van der Waals surface area (Å²) in [5, 5.41) is 3.92. The van der Waals surface area contributed by atoms with Crippen LogP contribution in [0.1, 0.15) is 0 Å². The number of aryl methyl sites for hydroxylation is 1. The van der Waals surface area contributed by atoms with Gasteiger partial charge in [0, 0.05) is 13.6 Å². The molecule has 0 aromatic carbocycles. The molecule has 0 bridgehead atoms. The molecule has 0 amide bonds. The van der Waals surface area contributed by atoms with Crippen LogP contribution in [0.25, 0.3) is 0 Å². The lowest BCUT2D eigenvalue weighted by Gasteiger charge is -1.99. The van der Waals surface area contributed by atoms with E-state index in [1.807, 2.05) is 0 Å². The first-order chi connectivity index (χ1) is 5.24. The first kappa shape index (κ1) is 8.48. The molecule has 0 spiro atoms. The molecule has 0 unspecified atom stereocenters. The minimum absolute atomic E-state index is 0.457. The first-order valence-electron chi connectivity index (χ1n) is 3.13. The van der Waals surface area contributed by atoms with Gasteiger partial charge in [-0.3, -0.25) is 0 Å².